The summed E-state index contributed by atoms with van der Waals surface area (Å²) in [6.45, 7) is 6.25. The van der Waals surface area contributed by atoms with Gasteiger partial charge in [0.2, 0.25) is 5.91 Å². The van der Waals surface area contributed by atoms with E-state index in [-0.39, 0.29) is 11.8 Å². The largest absolute Gasteiger partial charge is 0.466 e. The number of anilines is 1. The Bertz CT molecular complexity index is 979. The summed E-state index contributed by atoms with van der Waals surface area (Å²) in [6.07, 6.45) is 3.95. The number of hydrogen-bond donors (Lipinski definition) is 1. The molecule has 0 unspecified atom stereocenters. The molecule has 30 heavy (non-hydrogen) atoms. The number of aromatic nitrogens is 3. The van der Waals surface area contributed by atoms with Gasteiger partial charge in [-0.05, 0) is 49.6 Å². The molecule has 6 nitrogen and oxygen atoms in total. The van der Waals surface area contributed by atoms with E-state index in [1.807, 2.05) is 55.5 Å². The highest BCUT2D eigenvalue weighted by atomic mass is 16.5. The molecule has 0 saturated heterocycles. The normalized spacial score (nSPS) is 11.9. The third-order valence-corrected chi connectivity index (χ3v) is 5.31. The molecule has 3 rings (SSSR count). The number of methoxy groups -OCH3 is 1. The first kappa shape index (κ1) is 21.6. The molecule has 0 bridgehead atoms. The Kier molecular flexibility index (Phi) is 7.22. The lowest BCUT2D eigenvalue weighted by Crippen LogP contribution is -2.22. The highest BCUT2D eigenvalue weighted by Gasteiger charge is 2.17. The quantitative estimate of drug-likeness (QED) is 0.516. The van der Waals surface area contributed by atoms with Crippen LogP contribution in [-0.2, 0) is 4.79 Å². The summed E-state index contributed by atoms with van der Waals surface area (Å²) in [5.41, 5.74) is 3.73. The first-order valence-electron chi connectivity index (χ1n) is 10.6. The number of hydrogen-bond acceptors (Lipinski definition) is 4. The molecule has 0 saturated carbocycles. The van der Waals surface area contributed by atoms with E-state index in [0.717, 1.165) is 48.2 Å². The molecule has 2 aromatic carbocycles. The fourth-order valence-electron chi connectivity index (χ4n) is 3.46. The van der Waals surface area contributed by atoms with Crippen molar-refractivity contribution in [2.75, 3.05) is 12.4 Å². The Balaban J connectivity index is 1.84. The lowest BCUT2D eigenvalue weighted by atomic mass is 9.98. The minimum atomic E-state index is 0.0526. The molecule has 1 heterocycles. The molecule has 1 amide bonds. The number of amides is 1. The average Bonchev–Trinajstić information content (AvgIpc) is 3.19. The van der Waals surface area contributed by atoms with Gasteiger partial charge in [-0.15, -0.1) is 5.10 Å². The lowest BCUT2D eigenvalue weighted by Gasteiger charge is -2.15. The molecule has 0 fully saturated rings. The van der Waals surface area contributed by atoms with Gasteiger partial charge in [-0.25, -0.2) is 4.68 Å². The van der Waals surface area contributed by atoms with E-state index in [2.05, 4.69) is 29.2 Å². The molecule has 158 valence electrons. The zero-order valence-electron chi connectivity index (χ0n) is 18.2. The van der Waals surface area contributed by atoms with E-state index < -0.39 is 0 Å². The molecular weight excluding hydrogens is 376 g/mol. The van der Waals surface area contributed by atoms with Crippen molar-refractivity contribution in [3.05, 3.63) is 54.1 Å². The number of rotatable bonds is 9. The average molecular weight is 407 g/mol. The molecule has 0 aliphatic rings. The first-order chi connectivity index (χ1) is 14.6. The van der Waals surface area contributed by atoms with Gasteiger partial charge in [0.05, 0.1) is 12.8 Å². The maximum atomic E-state index is 12.6. The summed E-state index contributed by atoms with van der Waals surface area (Å²) in [5, 5.41) is 7.52. The Hall–Kier alpha value is -3.15. The molecule has 0 aliphatic heterocycles. The zero-order chi connectivity index (χ0) is 21.5. The van der Waals surface area contributed by atoms with Crippen molar-refractivity contribution >= 4 is 11.6 Å². The van der Waals surface area contributed by atoms with Gasteiger partial charge in [-0.3, -0.25) is 4.79 Å². The number of carbonyl (C=O) groups excluding carboxylic acids is 1. The second-order valence-corrected chi connectivity index (χ2v) is 7.43. The van der Waals surface area contributed by atoms with Gasteiger partial charge in [0.1, 0.15) is 0 Å². The second kappa shape index (κ2) is 10.1. The summed E-state index contributed by atoms with van der Waals surface area (Å²) >= 11 is 0. The third kappa shape index (κ3) is 4.87. The van der Waals surface area contributed by atoms with Crippen LogP contribution in [0, 0.1) is 12.8 Å². The molecule has 1 aromatic heterocycles. The number of benzene rings is 2. The van der Waals surface area contributed by atoms with Crippen molar-refractivity contribution in [3.63, 3.8) is 0 Å². The molecule has 1 N–H and O–H groups in total. The summed E-state index contributed by atoms with van der Waals surface area (Å²) in [6, 6.07) is 16.0. The minimum absolute atomic E-state index is 0.0526. The predicted molar refractivity (Wildman–Crippen MR) is 120 cm³/mol. The van der Waals surface area contributed by atoms with Crippen molar-refractivity contribution in [2.24, 2.45) is 5.92 Å². The second-order valence-electron chi connectivity index (χ2n) is 7.43. The Labute approximate surface area is 178 Å². The van der Waals surface area contributed by atoms with Crippen LogP contribution in [0.5, 0.6) is 6.01 Å². The maximum Gasteiger partial charge on any atom is 0.336 e. The molecule has 1 atom stereocenters. The third-order valence-electron chi connectivity index (χ3n) is 5.31. The minimum Gasteiger partial charge on any atom is -0.466 e. The van der Waals surface area contributed by atoms with Crippen molar-refractivity contribution in [2.45, 2.75) is 46.5 Å². The van der Waals surface area contributed by atoms with Gasteiger partial charge < -0.3 is 10.1 Å². The number of carbonyl (C=O) groups is 1. The highest BCUT2D eigenvalue weighted by Crippen LogP contribution is 2.27. The number of aryl methyl sites for hydroxylation is 1. The Morgan fingerprint density at radius 2 is 1.87 bits per heavy atom. The van der Waals surface area contributed by atoms with Crippen LogP contribution < -0.4 is 10.1 Å². The first-order valence-corrected chi connectivity index (χ1v) is 10.6. The monoisotopic (exact) mass is 406 g/mol. The van der Waals surface area contributed by atoms with Gasteiger partial charge in [0, 0.05) is 17.2 Å². The molecule has 6 heteroatoms. The number of nitrogens with zero attached hydrogens (tertiary/aromatic N) is 3. The summed E-state index contributed by atoms with van der Waals surface area (Å²) in [4.78, 5) is 17.1. The standard InChI is InChI=1S/C24H30N4O2/c1-5-7-11-18(6-2)23(29)25-19-13-15-20(16-14-19)28-22(26-24(27-28)30-4)21-12-9-8-10-17(21)3/h8-10,12-16,18H,5-7,11H2,1-4H3,(H,25,29)/t18-/m1/s1. The Morgan fingerprint density at radius 3 is 2.50 bits per heavy atom. The topological polar surface area (TPSA) is 69.0 Å². The lowest BCUT2D eigenvalue weighted by molar-refractivity contribution is -0.120. The summed E-state index contributed by atoms with van der Waals surface area (Å²) < 4.78 is 7.03. The van der Waals surface area contributed by atoms with Crippen LogP contribution in [0.1, 0.15) is 45.1 Å². The van der Waals surface area contributed by atoms with Crippen molar-refractivity contribution < 1.29 is 9.53 Å². The Morgan fingerprint density at radius 1 is 1.13 bits per heavy atom. The van der Waals surface area contributed by atoms with E-state index >= 15 is 0 Å². The van der Waals surface area contributed by atoms with Crippen LogP contribution in [0.4, 0.5) is 5.69 Å². The maximum absolute atomic E-state index is 12.6. The van der Waals surface area contributed by atoms with Crippen LogP contribution in [0.15, 0.2) is 48.5 Å². The molecule has 0 spiro atoms. The van der Waals surface area contributed by atoms with Crippen molar-refractivity contribution in [1.82, 2.24) is 14.8 Å². The SMILES string of the molecule is CCCC[C@@H](CC)C(=O)Nc1ccc(-n2nc(OC)nc2-c2ccccc2C)cc1. The fraction of sp³-hybridized carbons (Fsp3) is 0.375. The van der Waals surface area contributed by atoms with Gasteiger partial charge >= 0.3 is 6.01 Å². The molecule has 0 aliphatic carbocycles. The van der Waals surface area contributed by atoms with Crippen LogP contribution in [-0.4, -0.2) is 27.8 Å². The molecule has 3 aromatic rings. The smallest absolute Gasteiger partial charge is 0.336 e. The van der Waals surface area contributed by atoms with E-state index in [1.54, 1.807) is 11.8 Å². The van der Waals surface area contributed by atoms with Crippen LogP contribution >= 0.6 is 0 Å². The van der Waals surface area contributed by atoms with Gasteiger partial charge in [-0.1, -0.05) is 51.0 Å². The fourth-order valence-corrected chi connectivity index (χ4v) is 3.46. The van der Waals surface area contributed by atoms with E-state index in [9.17, 15) is 4.79 Å². The summed E-state index contributed by atoms with van der Waals surface area (Å²) in [5.74, 6) is 0.853. The van der Waals surface area contributed by atoms with Gasteiger partial charge in [-0.2, -0.15) is 4.98 Å². The molecular formula is C24H30N4O2. The zero-order valence-corrected chi connectivity index (χ0v) is 18.2. The van der Waals surface area contributed by atoms with Crippen LogP contribution in [0.3, 0.4) is 0 Å². The van der Waals surface area contributed by atoms with E-state index in [1.165, 1.54) is 0 Å². The van der Waals surface area contributed by atoms with Crippen molar-refractivity contribution in [1.29, 1.82) is 0 Å². The van der Waals surface area contributed by atoms with Crippen LogP contribution in [0.2, 0.25) is 0 Å². The number of nitrogens with one attached hydrogen (secondary N) is 1. The highest BCUT2D eigenvalue weighted by molar-refractivity contribution is 5.92. The van der Waals surface area contributed by atoms with Gasteiger partial charge in [0.25, 0.3) is 0 Å². The van der Waals surface area contributed by atoms with E-state index in [4.69, 9.17) is 4.74 Å². The van der Waals surface area contributed by atoms with Crippen molar-refractivity contribution in [3.8, 4) is 23.1 Å². The molecule has 0 radical (unpaired) electrons. The summed E-state index contributed by atoms with van der Waals surface area (Å²) in [7, 11) is 1.56. The van der Waals surface area contributed by atoms with Crippen LogP contribution in [0.25, 0.3) is 17.1 Å². The number of ether oxygens (including phenoxy) is 1. The number of unbranched alkanes of at least 4 members (excludes halogenated alkanes) is 1. The van der Waals surface area contributed by atoms with Gasteiger partial charge in [0.15, 0.2) is 5.82 Å². The van der Waals surface area contributed by atoms with E-state index in [0.29, 0.717) is 11.8 Å². The predicted octanol–water partition coefficient (Wildman–Crippen LogP) is 5.41.